The van der Waals surface area contributed by atoms with Crippen molar-refractivity contribution in [2.75, 3.05) is 25.6 Å². The number of aromatic amines is 2. The van der Waals surface area contributed by atoms with Gasteiger partial charge in [-0.25, -0.2) is 4.79 Å². The number of carbonyl (C=O) groups excluding carboxylic acids is 1. The zero-order valence-electron chi connectivity index (χ0n) is 14.1. The number of fused-ring (bicyclic) bond motifs is 2. The number of carbonyl (C=O) groups is 1. The molecule has 1 saturated carbocycles. The fraction of sp³-hybridized carbons (Fsp3) is 0.529. The van der Waals surface area contributed by atoms with Crippen LogP contribution in [0.2, 0.25) is 0 Å². The molecule has 0 unspecified atom stereocenters. The molecular weight excluding hydrogens is 324 g/mol. The molecule has 8 nitrogen and oxygen atoms in total. The lowest BCUT2D eigenvalue weighted by atomic mass is 9.82. The maximum Gasteiger partial charge on any atom is 0.323 e. The molecule has 2 aromatic rings. The monoisotopic (exact) mass is 346 g/mol. The second-order valence-corrected chi connectivity index (χ2v) is 6.65. The number of hydrogen-bond donors (Lipinski definition) is 4. The van der Waals surface area contributed by atoms with Crippen molar-refractivity contribution in [3.8, 4) is 5.75 Å². The summed E-state index contributed by atoms with van der Waals surface area (Å²) in [5, 5.41) is 6.41. The number of aromatic nitrogens is 2. The molecule has 4 rings (SSSR count). The second kappa shape index (κ2) is 6.53. The summed E-state index contributed by atoms with van der Waals surface area (Å²) in [4.78, 5) is 29.6. The molecule has 134 valence electrons. The molecule has 2 fully saturated rings. The van der Waals surface area contributed by atoms with E-state index in [2.05, 4.69) is 20.6 Å². The first-order valence-corrected chi connectivity index (χ1v) is 8.60. The van der Waals surface area contributed by atoms with E-state index in [1.54, 1.807) is 12.1 Å². The number of anilines is 1. The second-order valence-electron chi connectivity index (χ2n) is 6.65. The third-order valence-corrected chi connectivity index (χ3v) is 5.09. The van der Waals surface area contributed by atoms with Gasteiger partial charge in [0.15, 0.2) is 0 Å². The molecule has 1 amide bonds. The maximum atomic E-state index is 12.7. The van der Waals surface area contributed by atoms with E-state index in [9.17, 15) is 9.59 Å². The highest BCUT2D eigenvalue weighted by Crippen LogP contribution is 2.32. The van der Waals surface area contributed by atoms with Crippen molar-refractivity contribution in [2.45, 2.75) is 31.4 Å². The van der Waals surface area contributed by atoms with E-state index < -0.39 is 0 Å². The van der Waals surface area contributed by atoms with Gasteiger partial charge in [0.2, 0.25) is 5.91 Å². The molecule has 0 spiro atoms. The lowest BCUT2D eigenvalue weighted by molar-refractivity contribution is -0.123. The molecule has 0 radical (unpaired) electrons. The van der Waals surface area contributed by atoms with Crippen LogP contribution >= 0.6 is 0 Å². The maximum absolute atomic E-state index is 12.7. The van der Waals surface area contributed by atoms with E-state index in [-0.39, 0.29) is 29.7 Å². The van der Waals surface area contributed by atoms with E-state index in [1.807, 2.05) is 0 Å². The number of hydrogen-bond acceptors (Lipinski definition) is 5. The van der Waals surface area contributed by atoms with Gasteiger partial charge in [-0.1, -0.05) is 0 Å². The number of nitrogens with one attached hydrogen (secondary N) is 4. The van der Waals surface area contributed by atoms with Gasteiger partial charge in [0.05, 0.1) is 36.5 Å². The van der Waals surface area contributed by atoms with Crippen LogP contribution in [0.5, 0.6) is 5.75 Å². The molecule has 1 aromatic carbocycles. The molecule has 4 N–H and O–H groups in total. The Bertz CT molecular complexity index is 843. The summed E-state index contributed by atoms with van der Waals surface area (Å²) in [5.74, 6) is 0.423. The average molecular weight is 346 g/mol. The Hall–Kier alpha value is -2.32. The van der Waals surface area contributed by atoms with E-state index in [0.29, 0.717) is 22.5 Å². The van der Waals surface area contributed by atoms with Crippen LogP contribution in [0.25, 0.3) is 11.0 Å². The zero-order chi connectivity index (χ0) is 17.4. The Labute approximate surface area is 144 Å². The number of H-pyrrole nitrogens is 2. The predicted molar refractivity (Wildman–Crippen MR) is 93.0 cm³/mol. The van der Waals surface area contributed by atoms with Crippen LogP contribution in [0.3, 0.4) is 0 Å². The number of morpholine rings is 1. The van der Waals surface area contributed by atoms with Crippen molar-refractivity contribution in [2.24, 2.45) is 5.92 Å². The fourth-order valence-electron chi connectivity index (χ4n) is 3.81. The van der Waals surface area contributed by atoms with Gasteiger partial charge in [0, 0.05) is 24.6 Å². The molecular formula is C17H22N4O4. The van der Waals surface area contributed by atoms with Crippen LogP contribution in [0, 0.1) is 5.92 Å². The Morgan fingerprint density at radius 2 is 2.08 bits per heavy atom. The van der Waals surface area contributed by atoms with Crippen LogP contribution in [0.4, 0.5) is 5.69 Å². The summed E-state index contributed by atoms with van der Waals surface area (Å²) in [5.41, 5.74) is 1.54. The van der Waals surface area contributed by atoms with E-state index in [0.717, 1.165) is 32.4 Å². The van der Waals surface area contributed by atoms with Crippen LogP contribution in [0.1, 0.15) is 19.3 Å². The van der Waals surface area contributed by atoms with Crippen molar-refractivity contribution in [3.05, 3.63) is 22.6 Å². The molecule has 1 saturated heterocycles. The van der Waals surface area contributed by atoms with E-state index in [4.69, 9.17) is 9.47 Å². The van der Waals surface area contributed by atoms with Gasteiger partial charge in [-0.3, -0.25) is 4.79 Å². The molecule has 1 aromatic heterocycles. The summed E-state index contributed by atoms with van der Waals surface area (Å²) in [6.45, 7) is 1.57. The first kappa shape index (κ1) is 16.2. The van der Waals surface area contributed by atoms with Crippen molar-refractivity contribution >= 4 is 22.6 Å². The smallest absolute Gasteiger partial charge is 0.323 e. The minimum absolute atomic E-state index is 0.0265. The summed E-state index contributed by atoms with van der Waals surface area (Å²) >= 11 is 0. The Kier molecular flexibility index (Phi) is 4.22. The highest BCUT2D eigenvalue weighted by Gasteiger charge is 2.36. The number of amides is 1. The minimum Gasteiger partial charge on any atom is -0.494 e. The molecule has 0 bridgehead atoms. The van der Waals surface area contributed by atoms with Gasteiger partial charge in [0.25, 0.3) is 0 Å². The summed E-state index contributed by atoms with van der Waals surface area (Å²) in [6.07, 6.45) is 2.67. The third kappa shape index (κ3) is 3.14. The van der Waals surface area contributed by atoms with Crippen molar-refractivity contribution < 1.29 is 14.3 Å². The predicted octanol–water partition coefficient (Wildman–Crippen LogP) is 0.960. The number of benzene rings is 1. The van der Waals surface area contributed by atoms with Gasteiger partial charge in [-0.2, -0.15) is 0 Å². The van der Waals surface area contributed by atoms with Crippen molar-refractivity contribution in [3.63, 3.8) is 0 Å². The SMILES string of the molecule is COc1cc2[nH]c(=O)[nH]c2cc1NC(=O)[C@H]1CC[C@H]2OCCN[C@@H]2C1. The number of rotatable bonds is 3. The Balaban J connectivity index is 1.52. The van der Waals surface area contributed by atoms with E-state index in [1.165, 1.54) is 7.11 Å². The van der Waals surface area contributed by atoms with Gasteiger partial charge in [-0.15, -0.1) is 0 Å². The van der Waals surface area contributed by atoms with Gasteiger partial charge in [-0.05, 0) is 25.3 Å². The summed E-state index contributed by atoms with van der Waals surface area (Å²) in [7, 11) is 1.54. The normalized spacial score (nSPS) is 26.2. The van der Waals surface area contributed by atoms with Gasteiger partial charge >= 0.3 is 5.69 Å². The first-order valence-electron chi connectivity index (χ1n) is 8.60. The lowest BCUT2D eigenvalue weighted by Gasteiger charge is -2.39. The van der Waals surface area contributed by atoms with Crippen LogP contribution in [-0.4, -0.2) is 48.3 Å². The molecule has 25 heavy (non-hydrogen) atoms. The lowest BCUT2D eigenvalue weighted by Crippen LogP contribution is -2.52. The van der Waals surface area contributed by atoms with Crippen LogP contribution in [0.15, 0.2) is 16.9 Å². The highest BCUT2D eigenvalue weighted by atomic mass is 16.5. The topological polar surface area (TPSA) is 108 Å². The Morgan fingerprint density at radius 1 is 1.28 bits per heavy atom. The molecule has 1 aliphatic carbocycles. The molecule has 1 aliphatic heterocycles. The number of ether oxygens (including phenoxy) is 2. The minimum atomic E-state index is -0.290. The van der Waals surface area contributed by atoms with Crippen LogP contribution in [-0.2, 0) is 9.53 Å². The van der Waals surface area contributed by atoms with E-state index >= 15 is 0 Å². The van der Waals surface area contributed by atoms with Gasteiger partial charge in [0.1, 0.15) is 5.75 Å². The molecule has 8 heteroatoms. The largest absolute Gasteiger partial charge is 0.494 e. The van der Waals surface area contributed by atoms with Gasteiger partial charge < -0.3 is 30.1 Å². The number of imidazole rings is 1. The quantitative estimate of drug-likeness (QED) is 0.662. The Morgan fingerprint density at radius 3 is 2.88 bits per heavy atom. The molecule has 2 aliphatic rings. The summed E-state index contributed by atoms with van der Waals surface area (Å²) < 4.78 is 11.1. The third-order valence-electron chi connectivity index (χ3n) is 5.09. The summed E-state index contributed by atoms with van der Waals surface area (Å²) in [6, 6.07) is 3.66. The molecule has 3 atom stereocenters. The first-order chi connectivity index (χ1) is 12.1. The zero-order valence-corrected chi connectivity index (χ0v) is 14.1. The molecule has 2 heterocycles. The standard InChI is InChI=1S/C17H22N4O4/c1-24-15-8-11-10(20-17(23)21-11)7-13(15)19-16(22)9-2-3-14-12(6-9)18-4-5-25-14/h7-9,12,14,18H,2-6H2,1H3,(H,19,22)(H2,20,21,23)/t9-,12+,14+/m0/s1. The van der Waals surface area contributed by atoms with Crippen molar-refractivity contribution in [1.29, 1.82) is 0 Å². The van der Waals surface area contributed by atoms with Crippen LogP contribution < -0.4 is 21.1 Å². The average Bonchev–Trinajstić information content (AvgIpc) is 2.99. The number of methoxy groups -OCH3 is 1. The van der Waals surface area contributed by atoms with Crippen molar-refractivity contribution in [1.82, 2.24) is 15.3 Å². The highest BCUT2D eigenvalue weighted by molar-refractivity contribution is 5.96. The fourth-order valence-corrected chi connectivity index (χ4v) is 3.81.